The number of aliphatic hydroxyl groups excluding tert-OH is 1. The minimum Gasteiger partial charge on any atom is -0.508 e. The number of carbonyl (C=O) groups is 1. The van der Waals surface area contributed by atoms with Crippen molar-refractivity contribution >= 4 is 5.97 Å². The van der Waals surface area contributed by atoms with E-state index in [0.29, 0.717) is 5.56 Å². The molecule has 0 spiro atoms. The molecule has 4 N–H and O–H groups in total. The number of hydrogen-bond donors (Lipinski definition) is 4. The fourth-order valence-electron chi connectivity index (χ4n) is 1.08. The number of hydrogen-bond acceptors (Lipinski definition) is 4. The highest BCUT2D eigenvalue weighted by Crippen LogP contribution is 2.21. The van der Waals surface area contributed by atoms with E-state index in [-0.39, 0.29) is 17.9 Å². The maximum Gasteiger partial charge on any atom is 0.332 e. The summed E-state index contributed by atoms with van der Waals surface area (Å²) >= 11 is 0. The lowest BCUT2D eigenvalue weighted by Gasteiger charge is -2.06. The van der Waals surface area contributed by atoms with E-state index < -0.39 is 12.1 Å². The van der Waals surface area contributed by atoms with Gasteiger partial charge in [0.2, 0.25) is 0 Å². The van der Waals surface area contributed by atoms with Crippen molar-refractivity contribution in [3.05, 3.63) is 23.8 Å². The minimum absolute atomic E-state index is 0.155. The molecule has 1 aromatic carbocycles. The lowest BCUT2D eigenvalue weighted by atomic mass is 10.1. The minimum atomic E-state index is -1.53. The first-order valence-electron chi connectivity index (χ1n) is 3.92. The van der Waals surface area contributed by atoms with Crippen molar-refractivity contribution in [2.45, 2.75) is 12.5 Å². The maximum absolute atomic E-state index is 10.3. The van der Waals surface area contributed by atoms with E-state index in [9.17, 15) is 4.79 Å². The molecule has 0 fully saturated rings. The van der Waals surface area contributed by atoms with Gasteiger partial charge in [0.1, 0.15) is 11.5 Å². The Labute approximate surface area is 79.9 Å². The average molecular weight is 198 g/mol. The molecule has 0 heterocycles. The molecule has 1 rings (SSSR count). The highest BCUT2D eigenvalue weighted by atomic mass is 16.4. The topological polar surface area (TPSA) is 98.0 Å². The van der Waals surface area contributed by atoms with E-state index in [4.69, 9.17) is 20.4 Å². The van der Waals surface area contributed by atoms with E-state index in [2.05, 4.69) is 0 Å². The second-order valence-corrected chi connectivity index (χ2v) is 2.92. The van der Waals surface area contributed by atoms with Gasteiger partial charge in [0.15, 0.2) is 6.10 Å². The van der Waals surface area contributed by atoms with Gasteiger partial charge in [-0.15, -0.1) is 0 Å². The first-order valence-corrected chi connectivity index (χ1v) is 3.92. The van der Waals surface area contributed by atoms with Gasteiger partial charge in [0.05, 0.1) is 0 Å². The van der Waals surface area contributed by atoms with Crippen molar-refractivity contribution in [1.29, 1.82) is 0 Å². The lowest BCUT2D eigenvalue weighted by molar-refractivity contribution is -0.146. The number of aromatic hydroxyl groups is 2. The van der Waals surface area contributed by atoms with Gasteiger partial charge in [-0.25, -0.2) is 4.79 Å². The van der Waals surface area contributed by atoms with Crippen molar-refractivity contribution in [1.82, 2.24) is 0 Å². The largest absolute Gasteiger partial charge is 0.508 e. The van der Waals surface area contributed by atoms with E-state index in [1.54, 1.807) is 0 Å². The summed E-state index contributed by atoms with van der Waals surface area (Å²) < 4.78 is 0. The van der Waals surface area contributed by atoms with Gasteiger partial charge in [-0.3, -0.25) is 0 Å². The number of carboxylic acid groups (broad SMARTS) is 1. The maximum atomic E-state index is 10.3. The van der Waals surface area contributed by atoms with E-state index in [0.717, 1.165) is 6.07 Å². The number of rotatable bonds is 3. The number of carboxylic acids is 1. The molecule has 0 radical (unpaired) electrons. The van der Waals surface area contributed by atoms with Crippen molar-refractivity contribution in [3.63, 3.8) is 0 Å². The van der Waals surface area contributed by atoms with Crippen LogP contribution < -0.4 is 0 Å². The summed E-state index contributed by atoms with van der Waals surface area (Å²) in [5.74, 6) is -1.68. The highest BCUT2D eigenvalue weighted by molar-refractivity contribution is 5.72. The van der Waals surface area contributed by atoms with Crippen molar-refractivity contribution in [2.75, 3.05) is 0 Å². The molecular formula is C9H10O5. The quantitative estimate of drug-likeness (QED) is 0.551. The molecule has 14 heavy (non-hydrogen) atoms. The highest BCUT2D eigenvalue weighted by Gasteiger charge is 2.14. The molecule has 5 heteroatoms. The molecule has 0 aliphatic carbocycles. The SMILES string of the molecule is O=C(O)C(O)Cc1cc(O)cc(O)c1. The van der Waals surface area contributed by atoms with Gasteiger partial charge in [-0.05, 0) is 17.7 Å². The Balaban J connectivity index is 2.81. The van der Waals surface area contributed by atoms with Gasteiger partial charge in [0, 0.05) is 12.5 Å². The molecule has 0 saturated carbocycles. The Morgan fingerprint density at radius 3 is 2.14 bits per heavy atom. The van der Waals surface area contributed by atoms with Crippen molar-refractivity contribution in [3.8, 4) is 11.5 Å². The van der Waals surface area contributed by atoms with Gasteiger partial charge >= 0.3 is 5.97 Å². The van der Waals surface area contributed by atoms with E-state index in [1.807, 2.05) is 0 Å². The second-order valence-electron chi connectivity index (χ2n) is 2.92. The van der Waals surface area contributed by atoms with E-state index >= 15 is 0 Å². The molecule has 5 nitrogen and oxygen atoms in total. The van der Waals surface area contributed by atoms with Crippen LogP contribution in [0.1, 0.15) is 5.56 Å². The first kappa shape index (κ1) is 10.3. The summed E-state index contributed by atoms with van der Waals surface area (Å²) in [5, 5.41) is 35.5. The fraction of sp³-hybridized carbons (Fsp3) is 0.222. The molecule has 0 amide bonds. The smallest absolute Gasteiger partial charge is 0.332 e. The Morgan fingerprint density at radius 2 is 1.71 bits per heavy atom. The molecule has 0 aliphatic rings. The zero-order valence-corrected chi connectivity index (χ0v) is 7.21. The van der Waals surface area contributed by atoms with Crippen LogP contribution in [0.4, 0.5) is 0 Å². The predicted molar refractivity (Wildman–Crippen MR) is 47.1 cm³/mol. The summed E-state index contributed by atoms with van der Waals surface area (Å²) in [6.07, 6.45) is -1.69. The summed E-state index contributed by atoms with van der Waals surface area (Å²) in [4.78, 5) is 10.3. The van der Waals surface area contributed by atoms with Crippen LogP contribution >= 0.6 is 0 Å². The summed E-state index contributed by atoms with van der Waals surface area (Å²) in [6, 6.07) is 3.69. The van der Waals surface area contributed by atoms with Gasteiger partial charge < -0.3 is 20.4 Å². The van der Waals surface area contributed by atoms with Crippen LogP contribution in [-0.2, 0) is 11.2 Å². The van der Waals surface area contributed by atoms with Gasteiger partial charge in [-0.1, -0.05) is 0 Å². The Kier molecular flexibility index (Phi) is 2.93. The van der Waals surface area contributed by atoms with Crippen molar-refractivity contribution < 1.29 is 25.2 Å². The molecular weight excluding hydrogens is 188 g/mol. The molecule has 0 aromatic heterocycles. The summed E-state index contributed by atoms with van der Waals surface area (Å²) in [5.41, 5.74) is 0.359. The monoisotopic (exact) mass is 198 g/mol. The standard InChI is InChI=1S/C9H10O5/c10-6-1-5(2-7(11)4-6)3-8(12)9(13)14/h1-2,4,8,10-12H,3H2,(H,13,14). The first-order chi connectivity index (χ1) is 6.49. The Morgan fingerprint density at radius 1 is 1.21 bits per heavy atom. The fourth-order valence-corrected chi connectivity index (χ4v) is 1.08. The Bertz CT molecular complexity index is 327. The van der Waals surface area contributed by atoms with Crippen molar-refractivity contribution in [2.24, 2.45) is 0 Å². The molecule has 0 aliphatic heterocycles. The zero-order chi connectivity index (χ0) is 10.7. The molecule has 0 bridgehead atoms. The van der Waals surface area contributed by atoms with Crippen LogP contribution in [0.3, 0.4) is 0 Å². The number of aliphatic carboxylic acids is 1. The zero-order valence-electron chi connectivity index (χ0n) is 7.21. The number of benzene rings is 1. The summed E-state index contributed by atoms with van der Waals surface area (Å²) in [6.45, 7) is 0. The van der Waals surface area contributed by atoms with Gasteiger partial charge in [-0.2, -0.15) is 0 Å². The van der Waals surface area contributed by atoms with Crippen LogP contribution in [0.2, 0.25) is 0 Å². The third kappa shape index (κ3) is 2.63. The lowest BCUT2D eigenvalue weighted by Crippen LogP contribution is -2.21. The Hall–Kier alpha value is -1.75. The molecule has 76 valence electrons. The van der Waals surface area contributed by atoms with E-state index in [1.165, 1.54) is 12.1 Å². The van der Waals surface area contributed by atoms with Crippen LogP contribution in [0.25, 0.3) is 0 Å². The molecule has 0 saturated heterocycles. The van der Waals surface area contributed by atoms with Crippen LogP contribution in [0.15, 0.2) is 18.2 Å². The predicted octanol–water partition coefficient (Wildman–Crippen LogP) is 0.0858. The summed E-state index contributed by atoms with van der Waals surface area (Å²) in [7, 11) is 0. The van der Waals surface area contributed by atoms with Gasteiger partial charge in [0.25, 0.3) is 0 Å². The molecule has 1 atom stereocenters. The number of aliphatic hydroxyl groups is 1. The molecule has 1 aromatic rings. The van der Waals surface area contributed by atoms with Crippen LogP contribution in [-0.4, -0.2) is 32.5 Å². The average Bonchev–Trinajstić information content (AvgIpc) is 2.01. The third-order valence-electron chi connectivity index (χ3n) is 1.68. The number of phenols is 2. The molecule has 1 unspecified atom stereocenters. The van der Waals surface area contributed by atoms with Crippen LogP contribution in [0, 0.1) is 0 Å². The normalized spacial score (nSPS) is 12.4. The number of phenolic OH excluding ortho intramolecular Hbond substituents is 2. The second kappa shape index (κ2) is 3.97. The van der Waals surface area contributed by atoms with Crippen LogP contribution in [0.5, 0.6) is 11.5 Å². The third-order valence-corrected chi connectivity index (χ3v) is 1.68.